The van der Waals surface area contributed by atoms with Crippen LogP contribution in [-0.4, -0.2) is 25.7 Å². The first-order chi connectivity index (χ1) is 13.5. The highest BCUT2D eigenvalue weighted by Gasteiger charge is 2.15. The maximum atomic E-state index is 13.0. The molecule has 1 N–H and O–H groups in total. The largest absolute Gasteiger partial charge is 0.348 e. The van der Waals surface area contributed by atoms with Crippen molar-refractivity contribution in [2.24, 2.45) is 7.05 Å². The molecule has 0 aliphatic carbocycles. The minimum absolute atomic E-state index is 0.187. The summed E-state index contributed by atoms with van der Waals surface area (Å²) in [5.41, 5.74) is 4.83. The van der Waals surface area contributed by atoms with Crippen molar-refractivity contribution in [2.45, 2.75) is 13.5 Å². The summed E-state index contributed by atoms with van der Waals surface area (Å²) in [7, 11) is 1.88. The Morgan fingerprint density at radius 1 is 1.18 bits per heavy atom. The van der Waals surface area contributed by atoms with Gasteiger partial charge < -0.3 is 5.32 Å². The van der Waals surface area contributed by atoms with Crippen LogP contribution in [-0.2, 0) is 13.6 Å². The first-order valence-electron chi connectivity index (χ1n) is 8.79. The molecule has 0 atom stereocenters. The number of hydrogen-bond donors (Lipinski definition) is 1. The van der Waals surface area contributed by atoms with E-state index in [0.717, 1.165) is 16.8 Å². The Morgan fingerprint density at radius 3 is 2.68 bits per heavy atom. The Hall–Kier alpha value is -3.25. The first kappa shape index (κ1) is 18.1. The lowest BCUT2D eigenvalue weighted by Gasteiger charge is -2.11. The second-order valence-electron chi connectivity index (χ2n) is 6.51. The third kappa shape index (κ3) is 3.46. The van der Waals surface area contributed by atoms with Gasteiger partial charge in [0.1, 0.15) is 0 Å². The summed E-state index contributed by atoms with van der Waals surface area (Å²) < 4.78 is 1.78. The third-order valence-electron chi connectivity index (χ3n) is 4.77. The summed E-state index contributed by atoms with van der Waals surface area (Å²) in [6.07, 6.45) is 5.17. The van der Waals surface area contributed by atoms with E-state index in [2.05, 4.69) is 20.4 Å². The zero-order chi connectivity index (χ0) is 19.7. The van der Waals surface area contributed by atoms with E-state index < -0.39 is 0 Å². The Labute approximate surface area is 167 Å². The summed E-state index contributed by atoms with van der Waals surface area (Å²) in [6.45, 7) is 2.37. The number of aromatic nitrogens is 4. The van der Waals surface area contributed by atoms with Crippen molar-refractivity contribution in [2.75, 3.05) is 0 Å². The van der Waals surface area contributed by atoms with Crippen LogP contribution >= 0.6 is 11.6 Å². The molecule has 4 aromatic rings. The smallest absolute Gasteiger partial charge is 0.252 e. The minimum atomic E-state index is -0.187. The number of rotatable bonds is 4. The molecule has 3 aromatic heterocycles. The SMILES string of the molecule is Cc1c(CNC(=O)c2cc(-c3ccncc3)nc3ccc(Cl)cc23)cnn1C. The van der Waals surface area contributed by atoms with Crippen LogP contribution in [0.2, 0.25) is 5.02 Å². The van der Waals surface area contributed by atoms with Crippen LogP contribution in [0.4, 0.5) is 0 Å². The van der Waals surface area contributed by atoms with Crippen molar-refractivity contribution in [1.29, 1.82) is 0 Å². The normalized spacial score (nSPS) is 11.0. The van der Waals surface area contributed by atoms with Crippen LogP contribution in [0.3, 0.4) is 0 Å². The summed E-state index contributed by atoms with van der Waals surface area (Å²) >= 11 is 6.17. The number of aryl methyl sites for hydroxylation is 1. The van der Waals surface area contributed by atoms with Gasteiger partial charge in [0.05, 0.1) is 23.0 Å². The van der Waals surface area contributed by atoms with Crippen LogP contribution in [0, 0.1) is 6.92 Å². The van der Waals surface area contributed by atoms with Gasteiger partial charge in [-0.3, -0.25) is 14.5 Å². The number of hydrogen-bond acceptors (Lipinski definition) is 4. The molecular weight excluding hydrogens is 374 g/mol. The fourth-order valence-corrected chi connectivity index (χ4v) is 3.22. The van der Waals surface area contributed by atoms with Crippen molar-refractivity contribution in [3.05, 3.63) is 76.8 Å². The van der Waals surface area contributed by atoms with Crippen LogP contribution in [0.5, 0.6) is 0 Å². The van der Waals surface area contributed by atoms with E-state index in [-0.39, 0.29) is 5.91 Å². The number of fused-ring (bicyclic) bond motifs is 1. The molecule has 0 saturated heterocycles. The molecule has 28 heavy (non-hydrogen) atoms. The van der Waals surface area contributed by atoms with E-state index in [0.29, 0.717) is 33.7 Å². The highest BCUT2D eigenvalue weighted by Crippen LogP contribution is 2.27. The van der Waals surface area contributed by atoms with Gasteiger partial charge in [-0.25, -0.2) is 4.98 Å². The number of nitrogens with zero attached hydrogens (tertiary/aromatic N) is 4. The molecule has 0 radical (unpaired) electrons. The quantitative estimate of drug-likeness (QED) is 0.572. The molecule has 0 saturated carbocycles. The molecule has 6 nitrogen and oxygen atoms in total. The van der Waals surface area contributed by atoms with Crippen molar-refractivity contribution in [3.63, 3.8) is 0 Å². The predicted molar refractivity (Wildman–Crippen MR) is 109 cm³/mol. The van der Waals surface area contributed by atoms with Crippen LogP contribution in [0.1, 0.15) is 21.6 Å². The highest BCUT2D eigenvalue weighted by molar-refractivity contribution is 6.31. The number of benzene rings is 1. The Kier molecular flexibility index (Phi) is 4.79. The third-order valence-corrected chi connectivity index (χ3v) is 5.00. The standard InChI is InChI=1S/C21H18ClN5O/c1-13-15(12-25-27(13)2)11-24-21(28)18-10-20(14-5-7-23-8-6-14)26-19-4-3-16(22)9-17(18)19/h3-10,12H,11H2,1-2H3,(H,24,28). The zero-order valence-electron chi connectivity index (χ0n) is 15.5. The van der Waals surface area contributed by atoms with Crippen molar-refractivity contribution >= 4 is 28.4 Å². The molecule has 0 fully saturated rings. The zero-order valence-corrected chi connectivity index (χ0v) is 16.2. The van der Waals surface area contributed by atoms with Crippen LogP contribution in [0.25, 0.3) is 22.2 Å². The second kappa shape index (κ2) is 7.40. The first-order valence-corrected chi connectivity index (χ1v) is 9.17. The van der Waals surface area contributed by atoms with Gasteiger partial charge in [-0.05, 0) is 43.3 Å². The number of carbonyl (C=O) groups excluding carboxylic acids is 1. The average molecular weight is 392 g/mol. The second-order valence-corrected chi connectivity index (χ2v) is 6.95. The van der Waals surface area contributed by atoms with Gasteiger partial charge in [-0.2, -0.15) is 5.10 Å². The van der Waals surface area contributed by atoms with E-state index in [1.165, 1.54) is 0 Å². The fraction of sp³-hybridized carbons (Fsp3) is 0.143. The molecule has 0 aliphatic rings. The Morgan fingerprint density at radius 2 is 1.96 bits per heavy atom. The Bertz CT molecular complexity index is 1170. The lowest BCUT2D eigenvalue weighted by atomic mass is 10.0. The number of carbonyl (C=O) groups is 1. The maximum absolute atomic E-state index is 13.0. The molecule has 0 spiro atoms. The van der Waals surface area contributed by atoms with E-state index in [1.54, 1.807) is 41.5 Å². The van der Waals surface area contributed by atoms with Crippen LogP contribution < -0.4 is 5.32 Å². The lowest BCUT2D eigenvalue weighted by Crippen LogP contribution is -2.23. The molecule has 1 amide bonds. The molecule has 4 rings (SSSR count). The molecule has 140 valence electrons. The van der Waals surface area contributed by atoms with Gasteiger partial charge in [0, 0.05) is 53.2 Å². The molecular formula is C21H18ClN5O. The summed E-state index contributed by atoms with van der Waals surface area (Å²) in [6, 6.07) is 10.9. The minimum Gasteiger partial charge on any atom is -0.348 e. The lowest BCUT2D eigenvalue weighted by molar-refractivity contribution is 0.0952. The number of halogens is 1. The van der Waals surface area contributed by atoms with Gasteiger partial charge in [0.2, 0.25) is 0 Å². The van der Waals surface area contributed by atoms with Crippen molar-refractivity contribution in [3.8, 4) is 11.3 Å². The summed E-state index contributed by atoms with van der Waals surface area (Å²) in [5.74, 6) is -0.187. The van der Waals surface area contributed by atoms with Gasteiger partial charge in [-0.1, -0.05) is 11.6 Å². The van der Waals surface area contributed by atoms with Gasteiger partial charge >= 0.3 is 0 Å². The van der Waals surface area contributed by atoms with E-state index in [4.69, 9.17) is 11.6 Å². The predicted octanol–water partition coefficient (Wildman–Crippen LogP) is 3.92. The molecule has 0 bridgehead atoms. The van der Waals surface area contributed by atoms with Crippen molar-refractivity contribution in [1.82, 2.24) is 25.1 Å². The monoisotopic (exact) mass is 391 g/mol. The average Bonchev–Trinajstić information content (AvgIpc) is 3.04. The molecule has 0 unspecified atom stereocenters. The van der Waals surface area contributed by atoms with E-state index in [9.17, 15) is 4.79 Å². The van der Waals surface area contributed by atoms with Gasteiger partial charge in [0.15, 0.2) is 0 Å². The van der Waals surface area contributed by atoms with Crippen LogP contribution in [0.15, 0.2) is 55.0 Å². The van der Waals surface area contributed by atoms with E-state index in [1.807, 2.05) is 32.2 Å². The topological polar surface area (TPSA) is 72.7 Å². The molecule has 7 heteroatoms. The number of nitrogens with one attached hydrogen (secondary N) is 1. The summed E-state index contributed by atoms with van der Waals surface area (Å²) in [5, 5.41) is 8.47. The molecule has 1 aromatic carbocycles. The molecule has 0 aliphatic heterocycles. The number of amides is 1. The van der Waals surface area contributed by atoms with E-state index >= 15 is 0 Å². The summed E-state index contributed by atoms with van der Waals surface area (Å²) in [4.78, 5) is 21.8. The number of pyridine rings is 2. The van der Waals surface area contributed by atoms with Gasteiger partial charge in [-0.15, -0.1) is 0 Å². The maximum Gasteiger partial charge on any atom is 0.252 e. The van der Waals surface area contributed by atoms with Gasteiger partial charge in [0.25, 0.3) is 5.91 Å². The fourth-order valence-electron chi connectivity index (χ4n) is 3.04. The Balaban J connectivity index is 1.74. The highest BCUT2D eigenvalue weighted by atomic mass is 35.5. The molecule has 3 heterocycles. The van der Waals surface area contributed by atoms with Crippen molar-refractivity contribution < 1.29 is 4.79 Å².